The average Bonchev–Trinajstić information content (AvgIpc) is 3.52. The van der Waals surface area contributed by atoms with Crippen LogP contribution in [0.15, 0.2) is 57.6 Å². The molecular weight excluding hydrogens is 394 g/mol. The third kappa shape index (κ3) is 3.02. The lowest BCUT2D eigenvalue weighted by Gasteiger charge is -2.33. The molecule has 1 aromatic carbocycles. The van der Waals surface area contributed by atoms with Crippen molar-refractivity contribution in [3.63, 3.8) is 0 Å². The molecule has 2 unspecified atom stereocenters. The number of esters is 1. The van der Waals surface area contributed by atoms with Crippen molar-refractivity contribution in [2.75, 3.05) is 5.75 Å². The second-order valence-corrected chi connectivity index (χ2v) is 8.12. The second-order valence-electron chi connectivity index (χ2n) is 6.83. The Labute approximate surface area is 170 Å². The molecule has 1 amide bonds. The minimum absolute atomic E-state index is 0.0290. The number of carbonyl (C=O) groups is 2. The van der Waals surface area contributed by atoms with Crippen molar-refractivity contribution in [2.45, 2.75) is 30.4 Å². The molecule has 2 fully saturated rings. The van der Waals surface area contributed by atoms with Crippen LogP contribution in [0, 0.1) is 0 Å². The van der Waals surface area contributed by atoms with E-state index < -0.39 is 16.9 Å². The number of fused-ring (bicyclic) bond motifs is 1. The van der Waals surface area contributed by atoms with Gasteiger partial charge in [-0.1, -0.05) is 30.3 Å². The average molecular weight is 411 g/mol. The van der Waals surface area contributed by atoms with Crippen LogP contribution >= 0.6 is 11.8 Å². The number of carbonyl (C=O) groups excluding carboxylic acids is 2. The summed E-state index contributed by atoms with van der Waals surface area (Å²) in [5.41, 5.74) is 1.03. The predicted molar refractivity (Wildman–Crippen MR) is 102 cm³/mol. The van der Waals surface area contributed by atoms with E-state index in [-0.39, 0.29) is 24.3 Å². The Morgan fingerprint density at radius 3 is 2.90 bits per heavy atom. The lowest BCUT2D eigenvalue weighted by Crippen LogP contribution is -2.46. The number of ether oxygens (including phenoxy) is 1. The Bertz CT molecular complexity index is 1040. The first-order chi connectivity index (χ1) is 14.2. The molecule has 2 atom stereocenters. The molecule has 0 radical (unpaired) electrons. The zero-order chi connectivity index (χ0) is 19.8. The Balaban J connectivity index is 1.30. The van der Waals surface area contributed by atoms with E-state index in [0.717, 1.165) is 5.56 Å². The largest absolute Gasteiger partial charge is 0.459 e. The number of aromatic nitrogens is 2. The van der Waals surface area contributed by atoms with Gasteiger partial charge in [0.1, 0.15) is 10.9 Å². The molecule has 29 heavy (non-hydrogen) atoms. The van der Waals surface area contributed by atoms with Crippen LogP contribution < -0.4 is 0 Å². The third-order valence-electron chi connectivity index (χ3n) is 5.16. The first-order valence-electron chi connectivity index (χ1n) is 9.22. The molecule has 0 N–H and O–H groups in total. The van der Waals surface area contributed by atoms with Crippen LogP contribution in [-0.2, 0) is 25.8 Å². The molecule has 0 bridgehead atoms. The maximum absolute atomic E-state index is 12.8. The summed E-state index contributed by atoms with van der Waals surface area (Å²) in [5.74, 6) is 0.813. The zero-order valence-corrected chi connectivity index (χ0v) is 16.1. The van der Waals surface area contributed by atoms with Gasteiger partial charge in [-0.3, -0.25) is 4.79 Å². The van der Waals surface area contributed by atoms with Gasteiger partial charge in [-0.2, -0.15) is 0 Å². The van der Waals surface area contributed by atoms with E-state index in [2.05, 4.69) is 10.2 Å². The second kappa shape index (κ2) is 7.07. The summed E-state index contributed by atoms with van der Waals surface area (Å²) in [7, 11) is 0. The van der Waals surface area contributed by atoms with Crippen molar-refractivity contribution < 1.29 is 23.2 Å². The number of rotatable bonds is 5. The van der Waals surface area contributed by atoms with Gasteiger partial charge in [-0.25, -0.2) is 4.79 Å². The summed E-state index contributed by atoms with van der Waals surface area (Å²) in [6.07, 6.45) is 2.60. The van der Waals surface area contributed by atoms with Crippen LogP contribution in [0.1, 0.15) is 24.3 Å². The molecule has 3 aromatic rings. The molecule has 0 spiro atoms. The lowest BCUT2D eigenvalue weighted by atomic mass is 10.0. The Kier molecular flexibility index (Phi) is 4.39. The van der Waals surface area contributed by atoms with E-state index in [1.807, 2.05) is 30.3 Å². The maximum Gasteiger partial charge on any atom is 0.330 e. The highest BCUT2D eigenvalue weighted by Crippen LogP contribution is 2.54. The molecular formula is C20H17N3O5S. The summed E-state index contributed by atoms with van der Waals surface area (Å²) < 4.78 is 16.1. The Morgan fingerprint density at radius 1 is 1.24 bits per heavy atom. The van der Waals surface area contributed by atoms with Crippen LogP contribution in [0.5, 0.6) is 0 Å². The van der Waals surface area contributed by atoms with Crippen molar-refractivity contribution in [3.8, 4) is 11.7 Å². The first-order valence-corrected chi connectivity index (χ1v) is 10.2. The van der Waals surface area contributed by atoms with Gasteiger partial charge in [0.15, 0.2) is 12.4 Å². The first kappa shape index (κ1) is 18.0. The number of nitrogens with zero attached hydrogens (tertiary/aromatic N) is 3. The summed E-state index contributed by atoms with van der Waals surface area (Å²) >= 11 is 1.62. The number of benzene rings is 1. The van der Waals surface area contributed by atoms with Gasteiger partial charge in [0, 0.05) is 12.2 Å². The fourth-order valence-corrected chi connectivity index (χ4v) is 5.49. The minimum atomic E-state index is -0.636. The molecule has 4 heterocycles. The number of amides is 1. The molecule has 148 valence electrons. The zero-order valence-electron chi connectivity index (χ0n) is 15.3. The molecule has 2 aliphatic rings. The predicted octanol–water partition coefficient (Wildman–Crippen LogP) is 2.96. The summed E-state index contributed by atoms with van der Waals surface area (Å²) in [6, 6.07) is 12.6. The molecule has 5 rings (SSSR count). The highest BCUT2D eigenvalue weighted by Gasteiger charge is 2.57. The van der Waals surface area contributed by atoms with E-state index in [1.165, 1.54) is 6.26 Å². The van der Waals surface area contributed by atoms with Gasteiger partial charge in [-0.05, 0) is 24.1 Å². The van der Waals surface area contributed by atoms with Gasteiger partial charge in [0.2, 0.25) is 5.91 Å². The quantitative estimate of drug-likeness (QED) is 0.591. The Hall–Kier alpha value is -3.07. The van der Waals surface area contributed by atoms with Crippen LogP contribution in [0.2, 0.25) is 0 Å². The number of hydrogen-bond donors (Lipinski definition) is 0. The standard InChI is InChI=1S/C20H17N3O5S/c24-17-8-9-20(13-5-2-1-3-6-13)23(17)14(12-29-20)19(25)27-11-16-21-22-18(28-16)15-7-4-10-26-15/h1-7,10,14H,8-9,11-12H2. The minimum Gasteiger partial charge on any atom is -0.459 e. The van der Waals surface area contributed by atoms with E-state index in [1.54, 1.807) is 28.8 Å². The van der Waals surface area contributed by atoms with Crippen molar-refractivity contribution in [1.29, 1.82) is 0 Å². The molecule has 9 heteroatoms. The van der Waals surface area contributed by atoms with Crippen LogP contribution in [0.4, 0.5) is 0 Å². The van der Waals surface area contributed by atoms with Crippen molar-refractivity contribution in [2.24, 2.45) is 0 Å². The number of hydrogen-bond acceptors (Lipinski definition) is 8. The molecule has 2 aromatic heterocycles. The topological polar surface area (TPSA) is 98.7 Å². The molecule has 0 saturated carbocycles. The van der Waals surface area contributed by atoms with E-state index in [9.17, 15) is 9.59 Å². The monoisotopic (exact) mass is 411 g/mol. The summed E-state index contributed by atoms with van der Waals surface area (Å²) in [4.78, 5) is 26.6. The fraction of sp³-hybridized carbons (Fsp3) is 0.300. The van der Waals surface area contributed by atoms with Crippen LogP contribution in [0.3, 0.4) is 0 Å². The van der Waals surface area contributed by atoms with Gasteiger partial charge in [0.25, 0.3) is 11.8 Å². The van der Waals surface area contributed by atoms with Crippen molar-refractivity contribution >= 4 is 23.6 Å². The van der Waals surface area contributed by atoms with E-state index in [0.29, 0.717) is 24.4 Å². The van der Waals surface area contributed by atoms with Crippen molar-refractivity contribution in [1.82, 2.24) is 15.1 Å². The molecule has 2 aliphatic heterocycles. The van der Waals surface area contributed by atoms with E-state index in [4.69, 9.17) is 13.6 Å². The summed E-state index contributed by atoms with van der Waals surface area (Å²) in [6.45, 7) is -0.159. The number of thioether (sulfide) groups is 1. The smallest absolute Gasteiger partial charge is 0.330 e. The molecule has 8 nitrogen and oxygen atoms in total. The van der Waals surface area contributed by atoms with Crippen molar-refractivity contribution in [3.05, 3.63) is 60.2 Å². The number of furan rings is 1. The Morgan fingerprint density at radius 2 is 2.10 bits per heavy atom. The molecule has 2 saturated heterocycles. The third-order valence-corrected chi connectivity index (χ3v) is 6.76. The van der Waals surface area contributed by atoms with Crippen LogP contribution in [0.25, 0.3) is 11.7 Å². The van der Waals surface area contributed by atoms with Crippen LogP contribution in [-0.4, -0.2) is 38.8 Å². The van der Waals surface area contributed by atoms with Gasteiger partial charge in [0.05, 0.1) is 6.26 Å². The highest BCUT2D eigenvalue weighted by atomic mass is 32.2. The SMILES string of the molecule is O=C(OCc1nnc(-c2ccco2)o1)C1CSC2(c3ccccc3)CCC(=O)N12. The normalized spacial score (nSPS) is 23.4. The fourth-order valence-electron chi connectivity index (χ4n) is 3.86. The maximum atomic E-state index is 12.8. The van der Waals surface area contributed by atoms with E-state index >= 15 is 0 Å². The lowest BCUT2D eigenvalue weighted by molar-refractivity contribution is -0.155. The van der Waals surface area contributed by atoms with Gasteiger partial charge in [-0.15, -0.1) is 22.0 Å². The van der Waals surface area contributed by atoms with Gasteiger partial charge >= 0.3 is 5.97 Å². The van der Waals surface area contributed by atoms with Gasteiger partial charge < -0.3 is 18.5 Å². The molecule has 0 aliphatic carbocycles. The highest BCUT2D eigenvalue weighted by molar-refractivity contribution is 8.00. The summed E-state index contributed by atoms with van der Waals surface area (Å²) in [5, 5.41) is 7.75.